The zero-order valence-corrected chi connectivity index (χ0v) is 7.59. The summed E-state index contributed by atoms with van der Waals surface area (Å²) in [7, 11) is 0. The molecule has 3 N–H and O–H groups in total. The second-order valence-corrected chi connectivity index (χ2v) is 3.23. The summed E-state index contributed by atoms with van der Waals surface area (Å²) in [5.74, 6) is 0.590. The number of piperidine rings is 1. The van der Waals surface area contributed by atoms with Gasteiger partial charge in [-0.05, 0) is 25.8 Å². The maximum Gasteiger partial charge on any atom is 0.120 e. The maximum absolute atomic E-state index is 7.66. The molecule has 3 heteroatoms. The molecule has 3 nitrogen and oxygen atoms in total. The van der Waals surface area contributed by atoms with Crippen LogP contribution >= 0.6 is 0 Å². The van der Waals surface area contributed by atoms with Crippen molar-refractivity contribution in [2.75, 3.05) is 13.1 Å². The summed E-state index contributed by atoms with van der Waals surface area (Å²) in [5.41, 5.74) is 5.80. The number of hydrogen-bond acceptors (Lipinski definition) is 2. The van der Waals surface area contributed by atoms with Crippen LogP contribution in [0.4, 0.5) is 0 Å². The van der Waals surface area contributed by atoms with E-state index >= 15 is 0 Å². The van der Waals surface area contributed by atoms with E-state index in [0.29, 0.717) is 5.84 Å². The van der Waals surface area contributed by atoms with E-state index < -0.39 is 0 Å². The highest BCUT2D eigenvalue weighted by Gasteiger charge is 2.16. The lowest BCUT2D eigenvalue weighted by Crippen LogP contribution is -2.44. The van der Waals surface area contributed by atoms with Crippen LogP contribution in [0.1, 0.15) is 19.8 Å². The fraction of sp³-hybridized carbons (Fsp3) is 0.667. The first-order valence-electron chi connectivity index (χ1n) is 4.46. The van der Waals surface area contributed by atoms with Crippen LogP contribution in [0.3, 0.4) is 0 Å². The van der Waals surface area contributed by atoms with Crippen molar-refractivity contribution in [3.63, 3.8) is 0 Å². The van der Waals surface area contributed by atoms with Crippen LogP contribution in [-0.2, 0) is 0 Å². The Morgan fingerprint density at radius 3 is 3.00 bits per heavy atom. The topological polar surface area (TPSA) is 53.1 Å². The summed E-state index contributed by atoms with van der Waals surface area (Å²) in [6, 6.07) is 0.254. The molecule has 1 saturated heterocycles. The minimum atomic E-state index is 0.254. The summed E-state index contributed by atoms with van der Waals surface area (Å²) >= 11 is 0. The molecule has 0 saturated carbocycles. The van der Waals surface area contributed by atoms with Crippen LogP contribution in [0.25, 0.3) is 0 Å². The van der Waals surface area contributed by atoms with Gasteiger partial charge in [0.2, 0.25) is 0 Å². The van der Waals surface area contributed by atoms with Crippen molar-refractivity contribution in [3.8, 4) is 0 Å². The summed E-state index contributed by atoms with van der Waals surface area (Å²) in [6.07, 6.45) is 5.92. The van der Waals surface area contributed by atoms with E-state index in [2.05, 4.69) is 0 Å². The number of likely N-dealkylation sites (tertiary alicyclic amines) is 1. The monoisotopic (exact) mass is 167 g/mol. The van der Waals surface area contributed by atoms with Crippen molar-refractivity contribution in [2.45, 2.75) is 25.8 Å². The van der Waals surface area contributed by atoms with Crippen molar-refractivity contribution >= 4 is 5.84 Å². The van der Waals surface area contributed by atoms with Crippen molar-refractivity contribution in [2.24, 2.45) is 5.73 Å². The average Bonchev–Trinajstić information content (AvgIpc) is 2.05. The van der Waals surface area contributed by atoms with Crippen molar-refractivity contribution in [1.29, 1.82) is 5.41 Å². The standard InChI is InChI=1S/C9H17N3/c1-2-4-9(11)12-6-3-5-8(10)7-12/h2,4,8,11H,3,5-7,10H2,1H3/b4-2-,11-9?. The first-order valence-corrected chi connectivity index (χ1v) is 4.46. The first kappa shape index (κ1) is 9.26. The van der Waals surface area contributed by atoms with Gasteiger partial charge in [-0.2, -0.15) is 0 Å². The Labute approximate surface area is 73.7 Å². The smallest absolute Gasteiger partial charge is 0.120 e. The Hall–Kier alpha value is -0.830. The van der Waals surface area contributed by atoms with Crippen molar-refractivity contribution < 1.29 is 0 Å². The van der Waals surface area contributed by atoms with E-state index in [4.69, 9.17) is 11.1 Å². The van der Waals surface area contributed by atoms with E-state index in [-0.39, 0.29) is 6.04 Å². The van der Waals surface area contributed by atoms with Gasteiger partial charge in [-0.1, -0.05) is 6.08 Å². The van der Waals surface area contributed by atoms with Gasteiger partial charge in [0.05, 0.1) is 0 Å². The third kappa shape index (κ3) is 2.34. The summed E-state index contributed by atoms with van der Waals surface area (Å²) in [4.78, 5) is 2.04. The Morgan fingerprint density at radius 2 is 2.42 bits per heavy atom. The molecule has 0 aromatic heterocycles. The Balaban J connectivity index is 2.45. The zero-order valence-electron chi connectivity index (χ0n) is 7.59. The minimum absolute atomic E-state index is 0.254. The van der Waals surface area contributed by atoms with Gasteiger partial charge in [0, 0.05) is 19.1 Å². The molecule has 1 aliphatic heterocycles. The number of rotatable bonds is 1. The lowest BCUT2D eigenvalue weighted by atomic mass is 10.1. The average molecular weight is 167 g/mol. The molecule has 0 amide bonds. The van der Waals surface area contributed by atoms with Gasteiger partial charge in [0.15, 0.2) is 0 Å². The molecule has 0 spiro atoms. The van der Waals surface area contributed by atoms with Gasteiger partial charge in [0.1, 0.15) is 5.84 Å². The number of hydrogen-bond donors (Lipinski definition) is 2. The lowest BCUT2D eigenvalue weighted by molar-refractivity contribution is 0.309. The van der Waals surface area contributed by atoms with Crippen LogP contribution in [0.15, 0.2) is 12.2 Å². The molecule has 1 atom stereocenters. The summed E-state index contributed by atoms with van der Waals surface area (Å²) in [6.45, 7) is 3.75. The van der Waals surface area contributed by atoms with E-state index in [1.165, 1.54) is 0 Å². The SMILES string of the molecule is C/C=C\C(=N)N1CCCC(N)C1. The number of nitrogens with two attached hydrogens (primary N) is 1. The fourth-order valence-electron chi connectivity index (χ4n) is 1.49. The highest BCUT2D eigenvalue weighted by atomic mass is 15.2. The summed E-state index contributed by atoms with van der Waals surface area (Å²) < 4.78 is 0. The molecule has 0 bridgehead atoms. The first-order chi connectivity index (χ1) is 5.74. The number of nitrogens with zero attached hydrogens (tertiary/aromatic N) is 1. The Kier molecular flexibility index (Phi) is 3.29. The largest absolute Gasteiger partial charge is 0.356 e. The number of nitrogens with one attached hydrogen (secondary N) is 1. The quantitative estimate of drug-likeness (QED) is 0.451. The highest BCUT2D eigenvalue weighted by molar-refractivity contribution is 5.90. The Morgan fingerprint density at radius 1 is 1.67 bits per heavy atom. The van der Waals surface area contributed by atoms with Gasteiger partial charge < -0.3 is 10.6 Å². The predicted molar refractivity (Wildman–Crippen MR) is 51.3 cm³/mol. The molecule has 1 rings (SSSR count). The van der Waals surface area contributed by atoms with E-state index in [1.54, 1.807) is 0 Å². The molecule has 1 unspecified atom stereocenters. The van der Waals surface area contributed by atoms with Crippen LogP contribution in [0.5, 0.6) is 0 Å². The van der Waals surface area contributed by atoms with Gasteiger partial charge in [-0.3, -0.25) is 5.41 Å². The van der Waals surface area contributed by atoms with Crippen molar-refractivity contribution in [1.82, 2.24) is 4.90 Å². The van der Waals surface area contributed by atoms with Crippen LogP contribution in [0, 0.1) is 5.41 Å². The molecule has 68 valence electrons. The summed E-state index contributed by atoms with van der Waals surface area (Å²) in [5, 5.41) is 7.66. The molecule has 0 radical (unpaired) electrons. The van der Waals surface area contributed by atoms with E-state index in [0.717, 1.165) is 25.9 Å². The molecule has 0 aliphatic carbocycles. The van der Waals surface area contributed by atoms with Gasteiger partial charge in [-0.15, -0.1) is 0 Å². The minimum Gasteiger partial charge on any atom is -0.356 e. The Bertz CT molecular complexity index is 186. The fourth-order valence-corrected chi connectivity index (χ4v) is 1.49. The third-order valence-electron chi connectivity index (χ3n) is 2.12. The maximum atomic E-state index is 7.66. The predicted octanol–water partition coefficient (Wildman–Crippen LogP) is 0.963. The molecule has 1 heterocycles. The molecule has 0 aromatic carbocycles. The molecular formula is C9H17N3. The molecule has 1 aliphatic rings. The third-order valence-corrected chi connectivity index (χ3v) is 2.12. The van der Waals surface area contributed by atoms with Crippen LogP contribution in [0.2, 0.25) is 0 Å². The molecule has 0 aromatic rings. The van der Waals surface area contributed by atoms with Crippen LogP contribution in [-0.4, -0.2) is 29.9 Å². The molecule has 12 heavy (non-hydrogen) atoms. The van der Waals surface area contributed by atoms with E-state index in [9.17, 15) is 0 Å². The van der Waals surface area contributed by atoms with Gasteiger partial charge >= 0.3 is 0 Å². The molecule has 1 fully saturated rings. The highest BCUT2D eigenvalue weighted by Crippen LogP contribution is 2.08. The van der Waals surface area contributed by atoms with Gasteiger partial charge in [0.25, 0.3) is 0 Å². The normalized spacial score (nSPS) is 24.8. The zero-order chi connectivity index (χ0) is 8.97. The van der Waals surface area contributed by atoms with E-state index in [1.807, 2.05) is 24.0 Å². The number of allylic oxidation sites excluding steroid dienone is 1. The number of amidine groups is 1. The molecular weight excluding hydrogens is 150 g/mol. The lowest BCUT2D eigenvalue weighted by Gasteiger charge is -2.31. The second kappa shape index (κ2) is 4.26. The van der Waals surface area contributed by atoms with Crippen molar-refractivity contribution in [3.05, 3.63) is 12.2 Å². The van der Waals surface area contributed by atoms with Gasteiger partial charge in [-0.25, -0.2) is 0 Å². The second-order valence-electron chi connectivity index (χ2n) is 3.23. The van der Waals surface area contributed by atoms with Crippen LogP contribution < -0.4 is 5.73 Å².